The Hall–Kier alpha value is -2.30. The summed E-state index contributed by atoms with van der Waals surface area (Å²) >= 11 is 11.9. The number of hydrogen-bond acceptors (Lipinski definition) is 2. The zero-order valence-electron chi connectivity index (χ0n) is 11.9. The van der Waals surface area contributed by atoms with E-state index in [0.29, 0.717) is 26.6 Å². The summed E-state index contributed by atoms with van der Waals surface area (Å²) in [7, 11) is 0. The fourth-order valence-electron chi connectivity index (χ4n) is 2.34. The maximum absolute atomic E-state index is 12.2. The number of aromatic nitrogens is 1. The zero-order valence-corrected chi connectivity index (χ0v) is 13.4. The summed E-state index contributed by atoms with van der Waals surface area (Å²) in [6, 6.07) is 13.3. The molecule has 0 unspecified atom stereocenters. The maximum atomic E-state index is 12.2. The van der Waals surface area contributed by atoms with Crippen molar-refractivity contribution in [3.8, 4) is 0 Å². The molecule has 1 amide bonds. The van der Waals surface area contributed by atoms with Crippen molar-refractivity contribution >= 4 is 45.7 Å². The van der Waals surface area contributed by atoms with E-state index in [-0.39, 0.29) is 17.9 Å². The van der Waals surface area contributed by atoms with Gasteiger partial charge in [0.15, 0.2) is 5.43 Å². The molecule has 0 aliphatic carbocycles. The van der Waals surface area contributed by atoms with Crippen LogP contribution in [-0.4, -0.2) is 10.5 Å². The second-order valence-electron chi connectivity index (χ2n) is 5.03. The Labute approximate surface area is 142 Å². The number of hydrogen-bond donors (Lipinski definition) is 1. The van der Waals surface area contributed by atoms with Gasteiger partial charge in [-0.2, -0.15) is 0 Å². The van der Waals surface area contributed by atoms with E-state index in [1.807, 2.05) is 0 Å². The number of benzene rings is 2. The number of carbonyl (C=O) groups is 1. The molecular formula is C17H12Cl2N2O2. The molecule has 116 valence electrons. The van der Waals surface area contributed by atoms with E-state index in [4.69, 9.17) is 23.2 Å². The van der Waals surface area contributed by atoms with E-state index >= 15 is 0 Å². The zero-order chi connectivity index (χ0) is 16.4. The number of rotatable bonds is 3. The van der Waals surface area contributed by atoms with E-state index in [2.05, 4.69) is 5.32 Å². The minimum absolute atomic E-state index is 0.0592. The van der Waals surface area contributed by atoms with Gasteiger partial charge in [0.1, 0.15) is 6.54 Å². The number of halogens is 2. The molecule has 0 saturated heterocycles. The first kappa shape index (κ1) is 15.6. The largest absolute Gasteiger partial charge is 0.338 e. The molecule has 3 rings (SSSR count). The minimum Gasteiger partial charge on any atom is -0.338 e. The van der Waals surface area contributed by atoms with E-state index < -0.39 is 0 Å². The third-order valence-corrected chi connectivity index (χ3v) is 3.83. The van der Waals surface area contributed by atoms with Gasteiger partial charge in [0.05, 0.1) is 5.52 Å². The lowest BCUT2D eigenvalue weighted by Gasteiger charge is -2.11. The summed E-state index contributed by atoms with van der Waals surface area (Å²) < 4.78 is 1.68. The molecular weight excluding hydrogens is 335 g/mol. The maximum Gasteiger partial charge on any atom is 0.244 e. The highest BCUT2D eigenvalue weighted by Crippen LogP contribution is 2.18. The Morgan fingerprint density at radius 3 is 2.61 bits per heavy atom. The van der Waals surface area contributed by atoms with Crippen LogP contribution in [0.5, 0.6) is 0 Å². The normalized spacial score (nSPS) is 10.7. The first-order chi connectivity index (χ1) is 11.0. The smallest absolute Gasteiger partial charge is 0.244 e. The van der Waals surface area contributed by atoms with Crippen LogP contribution in [0, 0.1) is 0 Å². The molecule has 1 N–H and O–H groups in total. The molecule has 0 spiro atoms. The van der Waals surface area contributed by atoms with Crippen molar-refractivity contribution in [1.29, 1.82) is 0 Å². The summed E-state index contributed by atoms with van der Waals surface area (Å²) in [5.74, 6) is -0.225. The molecule has 0 bridgehead atoms. The van der Waals surface area contributed by atoms with Crippen LogP contribution in [-0.2, 0) is 11.3 Å². The standard InChI is InChI=1S/C17H12Cl2N2O2/c18-11-2-1-3-13(8-11)20-17(23)10-21-7-6-16(22)14-5-4-12(19)9-15(14)21/h1-9H,10H2,(H,20,23). The number of nitrogens with one attached hydrogen (secondary N) is 1. The Bertz CT molecular complexity index is 951. The van der Waals surface area contributed by atoms with Crippen LogP contribution in [0.25, 0.3) is 10.9 Å². The van der Waals surface area contributed by atoms with Gasteiger partial charge in [-0.15, -0.1) is 0 Å². The first-order valence-electron chi connectivity index (χ1n) is 6.87. The summed E-state index contributed by atoms with van der Waals surface area (Å²) in [6.07, 6.45) is 1.58. The average Bonchev–Trinajstić information content (AvgIpc) is 2.50. The van der Waals surface area contributed by atoms with Gasteiger partial charge in [-0.25, -0.2) is 0 Å². The van der Waals surface area contributed by atoms with Gasteiger partial charge in [0.25, 0.3) is 0 Å². The number of carbonyl (C=O) groups excluding carboxylic acids is 1. The van der Waals surface area contributed by atoms with Gasteiger partial charge in [0, 0.05) is 33.4 Å². The summed E-state index contributed by atoms with van der Waals surface area (Å²) in [4.78, 5) is 24.1. The van der Waals surface area contributed by atoms with Crippen LogP contribution in [0.1, 0.15) is 0 Å². The van der Waals surface area contributed by atoms with Crippen molar-refractivity contribution in [1.82, 2.24) is 4.57 Å². The number of fused-ring (bicyclic) bond motifs is 1. The van der Waals surface area contributed by atoms with E-state index in [1.54, 1.807) is 53.2 Å². The Morgan fingerprint density at radius 1 is 1.04 bits per heavy atom. The molecule has 0 fully saturated rings. The Balaban J connectivity index is 1.89. The lowest BCUT2D eigenvalue weighted by molar-refractivity contribution is -0.116. The molecule has 3 aromatic rings. The molecule has 4 nitrogen and oxygen atoms in total. The topological polar surface area (TPSA) is 51.1 Å². The lowest BCUT2D eigenvalue weighted by Crippen LogP contribution is -2.20. The first-order valence-corrected chi connectivity index (χ1v) is 7.63. The van der Waals surface area contributed by atoms with E-state index in [1.165, 1.54) is 6.07 Å². The highest BCUT2D eigenvalue weighted by Gasteiger charge is 2.08. The van der Waals surface area contributed by atoms with Crippen LogP contribution < -0.4 is 10.7 Å². The third kappa shape index (κ3) is 3.55. The van der Waals surface area contributed by atoms with Crippen molar-refractivity contribution in [2.45, 2.75) is 6.54 Å². The molecule has 23 heavy (non-hydrogen) atoms. The predicted molar refractivity (Wildman–Crippen MR) is 93.3 cm³/mol. The fourth-order valence-corrected chi connectivity index (χ4v) is 2.69. The van der Waals surface area contributed by atoms with Crippen molar-refractivity contribution in [2.24, 2.45) is 0 Å². The number of anilines is 1. The van der Waals surface area contributed by atoms with Crippen molar-refractivity contribution in [2.75, 3.05) is 5.32 Å². The summed E-state index contributed by atoms with van der Waals surface area (Å²) in [5, 5.41) is 4.34. The van der Waals surface area contributed by atoms with Crippen molar-refractivity contribution in [3.63, 3.8) is 0 Å². The van der Waals surface area contributed by atoms with Gasteiger partial charge in [-0.1, -0.05) is 29.3 Å². The van der Waals surface area contributed by atoms with Crippen LogP contribution in [0.3, 0.4) is 0 Å². The molecule has 0 atom stereocenters. The summed E-state index contributed by atoms with van der Waals surface area (Å²) in [5.41, 5.74) is 1.13. The van der Waals surface area contributed by atoms with Crippen LogP contribution in [0.15, 0.2) is 59.5 Å². The molecule has 1 aromatic heterocycles. The summed E-state index contributed by atoms with van der Waals surface area (Å²) in [6.45, 7) is 0.0592. The molecule has 0 aliphatic rings. The number of nitrogens with zero attached hydrogens (tertiary/aromatic N) is 1. The molecule has 0 aliphatic heterocycles. The Morgan fingerprint density at radius 2 is 1.83 bits per heavy atom. The molecule has 2 aromatic carbocycles. The monoisotopic (exact) mass is 346 g/mol. The number of pyridine rings is 1. The minimum atomic E-state index is -0.225. The fraction of sp³-hybridized carbons (Fsp3) is 0.0588. The van der Waals surface area contributed by atoms with Gasteiger partial charge in [-0.05, 0) is 36.4 Å². The molecule has 6 heteroatoms. The second kappa shape index (κ2) is 6.44. The predicted octanol–water partition coefficient (Wildman–Crippen LogP) is 3.95. The quantitative estimate of drug-likeness (QED) is 0.780. The van der Waals surface area contributed by atoms with Gasteiger partial charge in [0.2, 0.25) is 5.91 Å². The van der Waals surface area contributed by atoms with Crippen molar-refractivity contribution < 1.29 is 4.79 Å². The lowest BCUT2D eigenvalue weighted by atomic mass is 10.2. The molecule has 0 saturated carbocycles. The van der Waals surface area contributed by atoms with Crippen LogP contribution in [0.2, 0.25) is 10.0 Å². The highest BCUT2D eigenvalue weighted by atomic mass is 35.5. The third-order valence-electron chi connectivity index (χ3n) is 3.36. The number of amides is 1. The second-order valence-corrected chi connectivity index (χ2v) is 5.90. The Kier molecular flexibility index (Phi) is 4.37. The highest BCUT2D eigenvalue weighted by molar-refractivity contribution is 6.31. The van der Waals surface area contributed by atoms with E-state index in [9.17, 15) is 9.59 Å². The van der Waals surface area contributed by atoms with E-state index in [0.717, 1.165) is 0 Å². The van der Waals surface area contributed by atoms with Gasteiger partial charge in [-0.3, -0.25) is 9.59 Å². The SMILES string of the molecule is O=C(Cn1ccc(=O)c2ccc(Cl)cc21)Nc1cccc(Cl)c1. The molecule has 0 radical (unpaired) electrons. The van der Waals surface area contributed by atoms with Crippen LogP contribution in [0.4, 0.5) is 5.69 Å². The van der Waals surface area contributed by atoms with Gasteiger partial charge < -0.3 is 9.88 Å². The van der Waals surface area contributed by atoms with Crippen LogP contribution >= 0.6 is 23.2 Å². The average molecular weight is 347 g/mol. The molecule has 1 heterocycles. The van der Waals surface area contributed by atoms with Gasteiger partial charge >= 0.3 is 0 Å². The van der Waals surface area contributed by atoms with Crippen molar-refractivity contribution in [3.05, 3.63) is 75.0 Å².